The van der Waals surface area contributed by atoms with E-state index in [-0.39, 0.29) is 0 Å². The minimum Gasteiger partial charge on any atom is -0.393 e. The van der Waals surface area contributed by atoms with Gasteiger partial charge in [0.15, 0.2) is 0 Å². The average Bonchev–Trinajstić information content (AvgIpc) is 2.78. The molecule has 0 aromatic carbocycles. The maximum atomic E-state index is 4.18. The van der Waals surface area contributed by atoms with Gasteiger partial charge in [0.05, 0.1) is 0 Å². The molecule has 1 aromatic rings. The summed E-state index contributed by atoms with van der Waals surface area (Å²) in [4.78, 5) is 1.38. The monoisotopic (exact) mass is 285 g/mol. The van der Waals surface area contributed by atoms with Crippen LogP contribution >= 0.6 is 11.3 Å². The van der Waals surface area contributed by atoms with E-state index >= 15 is 0 Å². The van der Waals surface area contributed by atoms with Gasteiger partial charge in [0.2, 0.25) is 0 Å². The molecule has 106 valence electrons. The van der Waals surface area contributed by atoms with Crippen molar-refractivity contribution in [2.45, 2.75) is 38.4 Å². The van der Waals surface area contributed by atoms with E-state index in [2.05, 4.69) is 55.1 Å². The summed E-state index contributed by atoms with van der Waals surface area (Å²) in [5, 5.41) is 5.73. The van der Waals surface area contributed by atoms with Gasteiger partial charge in [-0.15, -0.1) is 17.9 Å². The Balaban J connectivity index is 1.78. The van der Waals surface area contributed by atoms with Crippen LogP contribution in [0.4, 0.5) is 0 Å². The summed E-state index contributed by atoms with van der Waals surface area (Å²) in [5.74, 6) is 1.21. The molecule has 1 nitrogen and oxygen atoms in total. The summed E-state index contributed by atoms with van der Waals surface area (Å²) in [7, 11) is 1.22. The molecule has 0 bridgehead atoms. The normalized spacial score (nSPS) is 21.9. The van der Waals surface area contributed by atoms with Crippen molar-refractivity contribution in [2.75, 3.05) is 0 Å². The van der Waals surface area contributed by atoms with Crippen LogP contribution in [0, 0.1) is 5.92 Å². The molecule has 0 fully saturated rings. The molecule has 0 radical (unpaired) electrons. The fourth-order valence-corrected chi connectivity index (χ4v) is 3.52. The fraction of sp³-hybridized carbons (Fsp3) is 0.412. The van der Waals surface area contributed by atoms with E-state index in [0.717, 1.165) is 25.0 Å². The third-order valence-electron chi connectivity index (χ3n) is 3.70. The van der Waals surface area contributed by atoms with Crippen LogP contribution < -0.4 is 5.32 Å². The van der Waals surface area contributed by atoms with Crippen molar-refractivity contribution in [1.82, 2.24) is 5.32 Å². The number of nitrogens with one attached hydrogen (secondary N) is 1. The van der Waals surface area contributed by atoms with Crippen LogP contribution in [0.1, 0.15) is 24.6 Å². The van der Waals surface area contributed by atoms with Gasteiger partial charge in [0.1, 0.15) is 7.28 Å². The van der Waals surface area contributed by atoms with Crippen LogP contribution in [-0.2, 0) is 6.42 Å². The highest BCUT2D eigenvalue weighted by Crippen LogP contribution is 2.20. The SMILES string of the molecule is C=C(C)CC1C=CCC(NC(=C)Cc2cccs2)BC1. The van der Waals surface area contributed by atoms with E-state index in [4.69, 9.17) is 0 Å². The van der Waals surface area contributed by atoms with E-state index in [1.165, 1.54) is 24.0 Å². The largest absolute Gasteiger partial charge is 0.393 e. The third kappa shape index (κ3) is 5.05. The molecule has 0 aliphatic carbocycles. The minimum absolute atomic E-state index is 0.536. The van der Waals surface area contributed by atoms with Gasteiger partial charge < -0.3 is 5.32 Å². The minimum atomic E-state index is 0.536. The predicted octanol–water partition coefficient (Wildman–Crippen LogP) is 4.12. The zero-order chi connectivity index (χ0) is 14.4. The number of hydrogen-bond acceptors (Lipinski definition) is 2. The van der Waals surface area contributed by atoms with Crippen molar-refractivity contribution < 1.29 is 0 Å². The Labute approximate surface area is 127 Å². The molecule has 0 saturated heterocycles. The van der Waals surface area contributed by atoms with Crippen molar-refractivity contribution in [2.24, 2.45) is 5.92 Å². The Morgan fingerprint density at radius 1 is 1.50 bits per heavy atom. The van der Waals surface area contributed by atoms with Crippen molar-refractivity contribution in [3.05, 3.63) is 59.0 Å². The predicted molar refractivity (Wildman–Crippen MR) is 92.7 cm³/mol. The molecule has 0 saturated carbocycles. The zero-order valence-corrected chi connectivity index (χ0v) is 13.2. The second kappa shape index (κ2) is 7.54. The lowest BCUT2D eigenvalue weighted by Crippen LogP contribution is -2.33. The molecule has 0 spiro atoms. The van der Waals surface area contributed by atoms with Gasteiger partial charge in [-0.1, -0.05) is 36.7 Å². The molecule has 2 heterocycles. The molecule has 2 atom stereocenters. The van der Waals surface area contributed by atoms with Gasteiger partial charge in [-0.2, -0.15) is 0 Å². The van der Waals surface area contributed by atoms with Crippen LogP contribution in [0.5, 0.6) is 0 Å². The first-order valence-electron chi connectivity index (χ1n) is 7.41. The molecule has 0 amide bonds. The molecular weight excluding hydrogens is 261 g/mol. The molecule has 3 heteroatoms. The van der Waals surface area contributed by atoms with Gasteiger partial charge >= 0.3 is 0 Å². The smallest absolute Gasteiger partial charge is 0.149 e. The highest BCUT2D eigenvalue weighted by atomic mass is 32.1. The summed E-state index contributed by atoms with van der Waals surface area (Å²) in [6.45, 7) is 10.3. The number of hydrogen-bond donors (Lipinski definition) is 1. The second-order valence-corrected chi connectivity index (χ2v) is 6.90. The van der Waals surface area contributed by atoms with Crippen molar-refractivity contribution >= 4 is 18.6 Å². The lowest BCUT2D eigenvalue weighted by molar-refractivity contribution is 0.701. The summed E-state index contributed by atoms with van der Waals surface area (Å²) in [6.07, 6.45) is 9.13. The van der Waals surface area contributed by atoms with Gasteiger partial charge in [0, 0.05) is 22.9 Å². The van der Waals surface area contributed by atoms with Crippen molar-refractivity contribution in [1.29, 1.82) is 0 Å². The highest BCUT2D eigenvalue weighted by Gasteiger charge is 2.16. The Hall–Kier alpha value is -1.22. The Bertz CT molecular complexity index is 475. The molecule has 1 aromatic heterocycles. The first-order chi connectivity index (χ1) is 9.63. The second-order valence-electron chi connectivity index (χ2n) is 5.86. The highest BCUT2D eigenvalue weighted by molar-refractivity contribution is 7.09. The molecule has 1 aliphatic heterocycles. The fourth-order valence-electron chi connectivity index (χ4n) is 2.78. The first-order valence-corrected chi connectivity index (χ1v) is 8.29. The Morgan fingerprint density at radius 3 is 3.05 bits per heavy atom. The first kappa shape index (κ1) is 15.2. The van der Waals surface area contributed by atoms with E-state index in [9.17, 15) is 0 Å². The van der Waals surface area contributed by atoms with Crippen molar-refractivity contribution in [3.63, 3.8) is 0 Å². The molecular formula is C17H24BNS. The van der Waals surface area contributed by atoms with Crippen LogP contribution in [0.25, 0.3) is 0 Å². The summed E-state index contributed by atoms with van der Waals surface area (Å²) in [5.41, 5.74) is 2.43. The van der Waals surface area contributed by atoms with Gasteiger partial charge in [-0.3, -0.25) is 0 Å². The number of rotatable bonds is 6. The van der Waals surface area contributed by atoms with E-state index in [0.29, 0.717) is 11.9 Å². The van der Waals surface area contributed by atoms with E-state index in [1.54, 1.807) is 11.3 Å². The summed E-state index contributed by atoms with van der Waals surface area (Å²) >= 11 is 1.80. The standard InChI is InChI=1S/C17H24BNS/c1-13(2)10-15-6-4-8-17(18-12-15)19-14(3)11-16-7-5-9-20-16/h4-7,9,15,17-19H,1,3,8,10-12H2,2H3. The van der Waals surface area contributed by atoms with Crippen LogP contribution in [0.3, 0.4) is 0 Å². The van der Waals surface area contributed by atoms with Crippen LogP contribution in [0.15, 0.2) is 54.1 Å². The molecule has 20 heavy (non-hydrogen) atoms. The van der Waals surface area contributed by atoms with Gasteiger partial charge in [-0.25, -0.2) is 0 Å². The molecule has 2 rings (SSSR count). The van der Waals surface area contributed by atoms with Gasteiger partial charge in [0.25, 0.3) is 0 Å². The zero-order valence-electron chi connectivity index (χ0n) is 12.4. The van der Waals surface area contributed by atoms with Crippen molar-refractivity contribution in [3.8, 4) is 0 Å². The molecule has 2 unspecified atom stereocenters. The average molecular weight is 285 g/mol. The Kier molecular flexibility index (Phi) is 5.72. The van der Waals surface area contributed by atoms with E-state index in [1.807, 2.05) is 0 Å². The topological polar surface area (TPSA) is 12.0 Å². The molecule has 1 aliphatic rings. The van der Waals surface area contributed by atoms with Crippen LogP contribution in [0.2, 0.25) is 6.32 Å². The quantitative estimate of drug-likeness (QED) is 0.612. The summed E-state index contributed by atoms with van der Waals surface area (Å²) in [6, 6.07) is 4.28. The molecule has 1 N–H and O–H groups in total. The number of allylic oxidation sites excluding steroid dienone is 3. The third-order valence-corrected chi connectivity index (χ3v) is 4.58. The van der Waals surface area contributed by atoms with E-state index < -0.39 is 0 Å². The maximum Gasteiger partial charge on any atom is 0.149 e. The summed E-state index contributed by atoms with van der Waals surface area (Å²) < 4.78 is 0. The maximum absolute atomic E-state index is 4.18. The van der Waals surface area contributed by atoms with Gasteiger partial charge in [-0.05, 0) is 37.1 Å². The Morgan fingerprint density at radius 2 is 2.35 bits per heavy atom. The van der Waals surface area contributed by atoms with Crippen LogP contribution in [-0.4, -0.2) is 13.2 Å². The lowest BCUT2D eigenvalue weighted by atomic mass is 9.62. The number of thiophene rings is 1. The lowest BCUT2D eigenvalue weighted by Gasteiger charge is -2.19.